The van der Waals surface area contributed by atoms with Gasteiger partial charge in [-0.2, -0.15) is 0 Å². The molecule has 2 heterocycles. The molecule has 4 rings (SSSR count). The zero-order valence-electron chi connectivity index (χ0n) is 15.6. The molecular formula is C22H22F2N2O2. The molecular weight excluding hydrogens is 362 g/mol. The van der Waals surface area contributed by atoms with Crippen LogP contribution >= 0.6 is 0 Å². The highest BCUT2D eigenvalue weighted by molar-refractivity contribution is 5.42. The quantitative estimate of drug-likeness (QED) is 0.721. The van der Waals surface area contributed by atoms with Crippen molar-refractivity contribution in [3.63, 3.8) is 0 Å². The van der Waals surface area contributed by atoms with Gasteiger partial charge in [0.2, 0.25) is 0 Å². The van der Waals surface area contributed by atoms with Gasteiger partial charge in [0.15, 0.2) is 11.5 Å². The van der Waals surface area contributed by atoms with Crippen LogP contribution < -0.4 is 4.74 Å². The number of methoxy groups -OCH3 is 1. The first kappa shape index (κ1) is 18.5. The van der Waals surface area contributed by atoms with E-state index >= 15 is 0 Å². The summed E-state index contributed by atoms with van der Waals surface area (Å²) in [6.07, 6.45) is 2.86. The topological polar surface area (TPSA) is 37.6 Å². The highest BCUT2D eigenvalue weighted by Gasteiger charge is 2.30. The third-order valence-corrected chi connectivity index (χ3v) is 5.24. The summed E-state index contributed by atoms with van der Waals surface area (Å²) >= 11 is 0. The number of phenols is 1. The molecule has 1 atom stereocenters. The lowest BCUT2D eigenvalue weighted by atomic mass is 10.00. The first-order valence-electron chi connectivity index (χ1n) is 9.26. The van der Waals surface area contributed by atoms with Gasteiger partial charge in [0, 0.05) is 37.1 Å². The molecule has 0 fully saturated rings. The fourth-order valence-corrected chi connectivity index (χ4v) is 3.96. The predicted molar refractivity (Wildman–Crippen MR) is 102 cm³/mol. The third-order valence-electron chi connectivity index (χ3n) is 5.24. The zero-order valence-corrected chi connectivity index (χ0v) is 15.6. The summed E-state index contributed by atoms with van der Waals surface area (Å²) in [6, 6.07) is 12.3. The van der Waals surface area contributed by atoms with Crippen molar-refractivity contribution in [2.45, 2.75) is 25.6 Å². The molecule has 4 nitrogen and oxygen atoms in total. The first-order chi connectivity index (χ1) is 13.6. The monoisotopic (exact) mass is 384 g/mol. The summed E-state index contributed by atoms with van der Waals surface area (Å²) in [5.74, 6) is -0.419. The van der Waals surface area contributed by atoms with E-state index in [1.807, 2.05) is 24.4 Å². The summed E-state index contributed by atoms with van der Waals surface area (Å²) in [4.78, 5) is 2.12. The summed E-state index contributed by atoms with van der Waals surface area (Å²) in [7, 11) is 1.50. The number of hydrogen-bond acceptors (Lipinski definition) is 3. The van der Waals surface area contributed by atoms with Crippen molar-refractivity contribution >= 4 is 0 Å². The number of halogens is 2. The minimum absolute atomic E-state index is 0.0617. The zero-order chi connectivity index (χ0) is 19.7. The van der Waals surface area contributed by atoms with Gasteiger partial charge in [-0.25, -0.2) is 8.78 Å². The lowest BCUT2D eigenvalue weighted by Gasteiger charge is -2.31. The van der Waals surface area contributed by atoms with Crippen LogP contribution in [0, 0.1) is 11.6 Å². The Bertz CT molecular complexity index is 986. The summed E-state index contributed by atoms with van der Waals surface area (Å²) in [6.45, 7) is 2.03. The van der Waals surface area contributed by atoms with E-state index in [0.29, 0.717) is 17.9 Å². The molecule has 0 saturated carbocycles. The highest BCUT2D eigenvalue weighted by atomic mass is 19.1. The molecule has 1 N–H and O–H groups in total. The largest absolute Gasteiger partial charge is 0.504 e. The fraction of sp³-hybridized carbons (Fsp3) is 0.273. The molecule has 3 aromatic rings. The lowest BCUT2D eigenvalue weighted by Crippen LogP contribution is -2.30. The van der Waals surface area contributed by atoms with Crippen LogP contribution in [0.2, 0.25) is 0 Å². The van der Waals surface area contributed by atoms with Crippen molar-refractivity contribution in [1.29, 1.82) is 0 Å². The van der Waals surface area contributed by atoms with Crippen LogP contribution in [0.15, 0.2) is 54.7 Å². The van der Waals surface area contributed by atoms with Gasteiger partial charge in [0.05, 0.1) is 13.2 Å². The number of benzene rings is 2. The van der Waals surface area contributed by atoms with E-state index < -0.39 is 17.7 Å². The molecule has 0 aliphatic carbocycles. The van der Waals surface area contributed by atoms with Crippen LogP contribution in [-0.4, -0.2) is 28.2 Å². The Morgan fingerprint density at radius 2 is 1.96 bits per heavy atom. The number of nitrogens with zero attached hydrogens (tertiary/aromatic N) is 2. The second-order valence-electron chi connectivity index (χ2n) is 7.03. The number of ether oxygens (including phenoxy) is 1. The Kier molecular flexibility index (Phi) is 5.05. The van der Waals surface area contributed by atoms with Gasteiger partial charge in [-0.3, -0.25) is 4.90 Å². The Morgan fingerprint density at radius 3 is 2.75 bits per heavy atom. The molecule has 6 heteroatoms. The molecule has 0 bridgehead atoms. The molecule has 0 radical (unpaired) electrons. The van der Waals surface area contributed by atoms with Gasteiger partial charge >= 0.3 is 0 Å². The molecule has 1 unspecified atom stereocenters. The standard InChI is InChI=1S/C22H22F2N2O2/c1-28-21-8-5-15(12-20(21)27)14-26-11-3-10-25-9-2-4-19(25)22(26)17-13-16(23)6-7-18(17)24/h2,4-9,12-13,22,27H,3,10-11,14H2,1H3. The van der Waals surface area contributed by atoms with Gasteiger partial charge in [0.25, 0.3) is 0 Å². The van der Waals surface area contributed by atoms with Gasteiger partial charge in [-0.1, -0.05) is 6.07 Å². The first-order valence-corrected chi connectivity index (χ1v) is 9.26. The Labute approximate surface area is 162 Å². The van der Waals surface area contributed by atoms with Crippen LogP contribution in [0.25, 0.3) is 0 Å². The number of fused-ring (bicyclic) bond motifs is 1. The van der Waals surface area contributed by atoms with Crippen molar-refractivity contribution in [1.82, 2.24) is 9.47 Å². The van der Waals surface area contributed by atoms with E-state index in [-0.39, 0.29) is 5.75 Å². The van der Waals surface area contributed by atoms with Gasteiger partial charge < -0.3 is 14.4 Å². The number of hydrogen-bond donors (Lipinski definition) is 1. The molecule has 1 aliphatic rings. The van der Waals surface area contributed by atoms with Crippen LogP contribution in [0.3, 0.4) is 0 Å². The maximum atomic E-state index is 14.7. The number of rotatable bonds is 4. The van der Waals surface area contributed by atoms with Crippen LogP contribution in [0.5, 0.6) is 11.5 Å². The Balaban J connectivity index is 1.76. The molecule has 2 aromatic carbocycles. The van der Waals surface area contributed by atoms with Gasteiger partial charge in [-0.05, 0) is 54.4 Å². The number of aromatic nitrogens is 1. The van der Waals surface area contributed by atoms with Crippen LogP contribution in [0.1, 0.15) is 29.3 Å². The van der Waals surface area contributed by atoms with Gasteiger partial charge in [-0.15, -0.1) is 0 Å². The maximum Gasteiger partial charge on any atom is 0.160 e. The number of aryl methyl sites for hydroxylation is 1. The molecule has 28 heavy (non-hydrogen) atoms. The van der Waals surface area contributed by atoms with Gasteiger partial charge in [0.1, 0.15) is 11.6 Å². The summed E-state index contributed by atoms with van der Waals surface area (Å²) in [5, 5.41) is 10.1. The van der Waals surface area contributed by atoms with Crippen molar-refractivity contribution in [2.24, 2.45) is 0 Å². The third kappa shape index (κ3) is 3.47. The van der Waals surface area contributed by atoms with Crippen molar-refractivity contribution in [3.05, 3.63) is 83.2 Å². The second-order valence-corrected chi connectivity index (χ2v) is 7.03. The summed E-state index contributed by atoms with van der Waals surface area (Å²) < 4.78 is 35.9. The maximum absolute atomic E-state index is 14.7. The van der Waals surface area contributed by atoms with E-state index in [1.165, 1.54) is 19.2 Å². The normalized spacial score (nSPS) is 17.2. The van der Waals surface area contributed by atoms with E-state index in [0.717, 1.165) is 36.8 Å². The van der Waals surface area contributed by atoms with Crippen LogP contribution in [0.4, 0.5) is 8.78 Å². The molecule has 1 aliphatic heterocycles. The molecule has 0 saturated heterocycles. The molecule has 1 aromatic heterocycles. The smallest absolute Gasteiger partial charge is 0.160 e. The molecule has 0 spiro atoms. The second kappa shape index (κ2) is 7.64. The minimum atomic E-state index is -0.458. The SMILES string of the molecule is COc1ccc(CN2CCCn3cccc3C2c2cc(F)ccc2F)cc1O. The highest BCUT2D eigenvalue weighted by Crippen LogP contribution is 2.35. The lowest BCUT2D eigenvalue weighted by molar-refractivity contribution is 0.216. The number of aromatic hydroxyl groups is 1. The minimum Gasteiger partial charge on any atom is -0.504 e. The average molecular weight is 384 g/mol. The van der Waals surface area contributed by atoms with E-state index in [2.05, 4.69) is 9.47 Å². The Hall–Kier alpha value is -2.86. The van der Waals surface area contributed by atoms with Crippen LogP contribution in [-0.2, 0) is 13.1 Å². The van der Waals surface area contributed by atoms with E-state index in [1.54, 1.807) is 12.1 Å². The van der Waals surface area contributed by atoms with Crippen molar-refractivity contribution in [2.75, 3.05) is 13.7 Å². The fourth-order valence-electron chi connectivity index (χ4n) is 3.96. The van der Waals surface area contributed by atoms with E-state index in [9.17, 15) is 13.9 Å². The summed E-state index contributed by atoms with van der Waals surface area (Å²) in [5.41, 5.74) is 2.12. The molecule has 0 amide bonds. The number of phenolic OH excluding ortho intramolecular Hbond substituents is 1. The average Bonchev–Trinajstić information content (AvgIpc) is 3.06. The van der Waals surface area contributed by atoms with Crippen molar-refractivity contribution < 1.29 is 18.6 Å². The predicted octanol–water partition coefficient (Wildman–Crippen LogP) is 4.48. The van der Waals surface area contributed by atoms with E-state index in [4.69, 9.17) is 4.74 Å². The Morgan fingerprint density at radius 1 is 1.11 bits per heavy atom. The van der Waals surface area contributed by atoms with Crippen molar-refractivity contribution in [3.8, 4) is 11.5 Å². The molecule has 146 valence electrons.